The highest BCUT2D eigenvalue weighted by molar-refractivity contribution is 7.47. The number of benzene rings is 1. The second-order valence-corrected chi connectivity index (χ2v) is 8.12. The van der Waals surface area contributed by atoms with Gasteiger partial charge in [0.2, 0.25) is 0 Å². The Morgan fingerprint density at radius 1 is 1.27 bits per heavy atom. The smallest absolute Gasteiger partial charge is 0.451 e. The molecule has 2 aliphatic rings. The number of nitrogen functional groups attached to an aromatic ring is 1. The Hall–Kier alpha value is -2.89. The van der Waals surface area contributed by atoms with Crippen LogP contribution in [-0.4, -0.2) is 55.3 Å². The highest BCUT2D eigenvalue weighted by Gasteiger charge is 2.55. The molecule has 1 aromatic carbocycles. The van der Waals surface area contributed by atoms with Crippen LogP contribution in [0, 0.1) is 0 Å². The molecule has 4 heterocycles. The minimum absolute atomic E-state index is 0.173. The standard InChI is InChI=1S/C17H16N5O7P/c18-14-11-15(20-7-19-14)22(8-21-11)16-13(28-17(23)9-4-2-1-3-5-9)12-10(27-16)6-26-30(24,25)29-12/h1-5,7-8,10,12-13,16H,6H2,(H,24,25)(H2,18,19,20)/t10?,12?,13-,16-/m1/s1. The van der Waals surface area contributed by atoms with E-state index in [-0.39, 0.29) is 12.4 Å². The first-order valence-corrected chi connectivity index (χ1v) is 10.4. The molecule has 5 rings (SSSR count). The van der Waals surface area contributed by atoms with Crippen molar-refractivity contribution in [2.24, 2.45) is 0 Å². The maximum absolute atomic E-state index is 12.7. The summed E-state index contributed by atoms with van der Waals surface area (Å²) in [5, 5.41) is 0. The second kappa shape index (κ2) is 7.11. The van der Waals surface area contributed by atoms with E-state index in [1.807, 2.05) is 0 Å². The molecule has 0 spiro atoms. The predicted octanol–water partition coefficient (Wildman–Crippen LogP) is 1.05. The van der Waals surface area contributed by atoms with Gasteiger partial charge >= 0.3 is 13.8 Å². The van der Waals surface area contributed by atoms with E-state index < -0.39 is 38.3 Å². The Morgan fingerprint density at radius 3 is 2.87 bits per heavy atom. The van der Waals surface area contributed by atoms with Crippen molar-refractivity contribution in [1.29, 1.82) is 0 Å². The lowest BCUT2D eigenvalue weighted by Crippen LogP contribution is -2.41. The normalized spacial score (nSPS) is 30.8. The molecule has 0 amide bonds. The van der Waals surface area contributed by atoms with Crippen molar-refractivity contribution < 1.29 is 32.8 Å². The van der Waals surface area contributed by atoms with E-state index in [4.69, 9.17) is 24.3 Å². The molecule has 2 saturated heterocycles. The van der Waals surface area contributed by atoms with Crippen LogP contribution in [0.1, 0.15) is 16.6 Å². The average molecular weight is 433 g/mol. The van der Waals surface area contributed by atoms with Gasteiger partial charge in [0.25, 0.3) is 0 Å². The molecule has 2 fully saturated rings. The summed E-state index contributed by atoms with van der Waals surface area (Å²) in [6.45, 7) is -0.210. The van der Waals surface area contributed by atoms with Crippen LogP contribution in [0.3, 0.4) is 0 Å². The minimum atomic E-state index is -4.31. The summed E-state index contributed by atoms with van der Waals surface area (Å²) < 4.78 is 35.2. The van der Waals surface area contributed by atoms with Crippen LogP contribution in [-0.2, 0) is 23.1 Å². The summed E-state index contributed by atoms with van der Waals surface area (Å²) in [5.41, 5.74) is 6.84. The number of nitrogens with two attached hydrogens (primary N) is 1. The fraction of sp³-hybridized carbons (Fsp3) is 0.294. The largest absolute Gasteiger partial charge is 0.472 e. The molecular formula is C17H16N5O7P. The molecule has 0 radical (unpaired) electrons. The van der Waals surface area contributed by atoms with E-state index >= 15 is 0 Å². The maximum atomic E-state index is 12.7. The Balaban J connectivity index is 1.53. The zero-order valence-corrected chi connectivity index (χ0v) is 16.2. The summed E-state index contributed by atoms with van der Waals surface area (Å²) in [6.07, 6.45) is -1.14. The van der Waals surface area contributed by atoms with Gasteiger partial charge in [-0.1, -0.05) is 18.2 Å². The predicted molar refractivity (Wildman–Crippen MR) is 99.9 cm³/mol. The van der Waals surface area contributed by atoms with E-state index in [2.05, 4.69) is 15.0 Å². The number of nitrogens with zero attached hydrogens (tertiary/aromatic N) is 4. The third-order valence-corrected chi connectivity index (χ3v) is 5.84. The zero-order valence-electron chi connectivity index (χ0n) is 15.3. The number of rotatable bonds is 3. The number of carbonyl (C=O) groups is 1. The van der Waals surface area contributed by atoms with Gasteiger partial charge in [0.15, 0.2) is 23.8 Å². The first kappa shape index (κ1) is 19.1. The number of anilines is 1. The van der Waals surface area contributed by atoms with Gasteiger partial charge in [0, 0.05) is 0 Å². The maximum Gasteiger partial charge on any atom is 0.472 e. The molecule has 0 bridgehead atoms. The van der Waals surface area contributed by atoms with Crippen LogP contribution in [0.5, 0.6) is 0 Å². The third-order valence-electron chi connectivity index (χ3n) is 4.86. The number of imidazole rings is 1. The van der Waals surface area contributed by atoms with Crippen LogP contribution < -0.4 is 5.73 Å². The SMILES string of the molecule is Nc1ncnc2c1ncn2[C@@H]1OC2COP(=O)(O)OC2[C@H]1OC(=O)c1ccccc1. The van der Waals surface area contributed by atoms with Gasteiger partial charge in [-0.25, -0.2) is 24.3 Å². The third kappa shape index (κ3) is 3.24. The number of hydrogen-bond donors (Lipinski definition) is 2. The fourth-order valence-electron chi connectivity index (χ4n) is 3.49. The molecule has 12 nitrogen and oxygen atoms in total. The number of phosphoric ester groups is 1. The van der Waals surface area contributed by atoms with Crippen molar-refractivity contribution in [3.8, 4) is 0 Å². The monoisotopic (exact) mass is 433 g/mol. The van der Waals surface area contributed by atoms with Crippen LogP contribution in [0.2, 0.25) is 0 Å². The molecule has 13 heteroatoms. The number of fused-ring (bicyclic) bond motifs is 2. The van der Waals surface area contributed by atoms with Crippen molar-refractivity contribution in [2.75, 3.05) is 12.3 Å². The Kier molecular flexibility index (Phi) is 4.53. The minimum Gasteiger partial charge on any atom is -0.451 e. The molecule has 0 saturated carbocycles. The van der Waals surface area contributed by atoms with E-state index in [1.54, 1.807) is 30.3 Å². The van der Waals surface area contributed by atoms with Gasteiger partial charge in [-0.3, -0.25) is 13.6 Å². The summed E-state index contributed by atoms with van der Waals surface area (Å²) in [6, 6.07) is 8.33. The number of carbonyl (C=O) groups excluding carboxylic acids is 1. The van der Waals surface area contributed by atoms with Crippen LogP contribution in [0.4, 0.5) is 5.82 Å². The molecule has 30 heavy (non-hydrogen) atoms. The summed E-state index contributed by atoms with van der Waals surface area (Å²) >= 11 is 0. The van der Waals surface area contributed by atoms with Gasteiger partial charge in [0.05, 0.1) is 18.5 Å². The molecule has 156 valence electrons. The van der Waals surface area contributed by atoms with Gasteiger partial charge < -0.3 is 20.1 Å². The van der Waals surface area contributed by atoms with Gasteiger partial charge in [-0.2, -0.15) is 0 Å². The first-order chi connectivity index (χ1) is 14.4. The van der Waals surface area contributed by atoms with E-state index in [0.717, 1.165) is 0 Å². The van der Waals surface area contributed by atoms with E-state index in [9.17, 15) is 14.3 Å². The van der Waals surface area contributed by atoms with Crippen LogP contribution >= 0.6 is 7.82 Å². The summed E-state index contributed by atoms with van der Waals surface area (Å²) in [4.78, 5) is 34.7. The molecule has 0 aliphatic carbocycles. The molecular weight excluding hydrogens is 417 g/mol. The number of esters is 1. The number of phosphoric acid groups is 1. The van der Waals surface area contributed by atoms with Crippen molar-refractivity contribution in [3.05, 3.63) is 48.5 Å². The van der Waals surface area contributed by atoms with Gasteiger partial charge in [-0.15, -0.1) is 0 Å². The number of hydrogen-bond acceptors (Lipinski definition) is 10. The highest BCUT2D eigenvalue weighted by Crippen LogP contribution is 2.53. The van der Waals surface area contributed by atoms with Crippen LogP contribution in [0.25, 0.3) is 11.2 Å². The molecule has 2 aliphatic heterocycles. The first-order valence-electron chi connectivity index (χ1n) is 8.93. The molecule has 3 unspecified atom stereocenters. The van der Waals surface area contributed by atoms with E-state index in [1.165, 1.54) is 17.2 Å². The Labute approximate surface area is 169 Å². The molecule has 5 atom stereocenters. The quantitative estimate of drug-likeness (QED) is 0.448. The lowest BCUT2D eigenvalue weighted by Gasteiger charge is -2.29. The van der Waals surface area contributed by atoms with Crippen LogP contribution in [0.15, 0.2) is 43.0 Å². The Morgan fingerprint density at radius 2 is 2.07 bits per heavy atom. The fourth-order valence-corrected chi connectivity index (χ4v) is 4.45. The average Bonchev–Trinajstić information content (AvgIpc) is 3.30. The lowest BCUT2D eigenvalue weighted by molar-refractivity contribution is -0.0666. The van der Waals surface area contributed by atoms with E-state index in [0.29, 0.717) is 16.7 Å². The van der Waals surface area contributed by atoms with Crippen molar-refractivity contribution >= 4 is 30.8 Å². The zero-order chi connectivity index (χ0) is 20.9. The second-order valence-electron chi connectivity index (χ2n) is 6.72. The topological polar surface area (TPSA) is 161 Å². The summed E-state index contributed by atoms with van der Waals surface area (Å²) in [5.74, 6) is -0.470. The lowest BCUT2D eigenvalue weighted by atomic mass is 10.1. The molecule has 3 N–H and O–H groups in total. The summed E-state index contributed by atoms with van der Waals surface area (Å²) in [7, 11) is -4.31. The molecule has 3 aromatic rings. The van der Waals surface area contributed by atoms with Crippen molar-refractivity contribution in [3.63, 3.8) is 0 Å². The number of ether oxygens (including phenoxy) is 2. The van der Waals surface area contributed by atoms with Crippen molar-refractivity contribution in [2.45, 2.75) is 24.5 Å². The van der Waals surface area contributed by atoms with Crippen molar-refractivity contribution in [1.82, 2.24) is 19.5 Å². The highest BCUT2D eigenvalue weighted by atomic mass is 31.2. The Bertz CT molecular complexity index is 1160. The van der Waals surface area contributed by atoms with Gasteiger partial charge in [0.1, 0.15) is 24.1 Å². The van der Waals surface area contributed by atoms with Gasteiger partial charge in [-0.05, 0) is 12.1 Å². The number of aromatic nitrogens is 4. The molecule has 2 aromatic heterocycles.